The molecule has 0 amide bonds. The highest BCUT2D eigenvalue weighted by Crippen LogP contribution is 2.32. The van der Waals surface area contributed by atoms with Crippen molar-refractivity contribution in [3.63, 3.8) is 0 Å². The quantitative estimate of drug-likeness (QED) is 0.817. The van der Waals surface area contributed by atoms with Gasteiger partial charge in [0.25, 0.3) is 0 Å². The minimum Gasteiger partial charge on any atom is -0.393 e. The van der Waals surface area contributed by atoms with Gasteiger partial charge in [-0.25, -0.2) is 0 Å². The van der Waals surface area contributed by atoms with E-state index in [-0.39, 0.29) is 6.10 Å². The maximum atomic E-state index is 9.79. The summed E-state index contributed by atoms with van der Waals surface area (Å²) in [5, 5.41) is 11.2. The number of hydrogen-bond donors (Lipinski definition) is 2. The molecule has 1 atom stereocenters. The SMILES string of the molecule is CSc1ccc2[nH]cc(C[C@H]3CCCN3C3CCC(O)CC3)c2c1. The molecular formula is C20H28N2OS. The molecule has 1 saturated carbocycles. The standard InChI is InChI=1S/C20H28N2OS/c1-24-18-8-9-20-19(12-18)14(13-21-20)11-16-3-2-10-22(16)15-4-6-17(23)7-5-15/h8-9,12-13,15-17,21,23H,2-7,10-11H2,1H3/t15?,16-,17?/m1/s1. The molecule has 1 aromatic carbocycles. The zero-order valence-corrected chi connectivity index (χ0v) is 15.3. The molecule has 1 aliphatic heterocycles. The lowest BCUT2D eigenvalue weighted by molar-refractivity contribution is 0.0681. The van der Waals surface area contributed by atoms with Crippen molar-refractivity contribution >= 4 is 22.7 Å². The predicted octanol–water partition coefficient (Wildman–Crippen LogP) is 4.20. The largest absolute Gasteiger partial charge is 0.393 e. The van der Waals surface area contributed by atoms with Gasteiger partial charge in [0.15, 0.2) is 0 Å². The van der Waals surface area contributed by atoms with Crippen molar-refractivity contribution in [3.05, 3.63) is 30.0 Å². The minimum absolute atomic E-state index is 0.0547. The first-order valence-electron chi connectivity index (χ1n) is 9.32. The Bertz CT molecular complexity index is 690. The van der Waals surface area contributed by atoms with Gasteiger partial charge >= 0.3 is 0 Å². The molecule has 1 saturated heterocycles. The first kappa shape index (κ1) is 16.5. The van der Waals surface area contributed by atoms with Gasteiger partial charge in [-0.2, -0.15) is 0 Å². The van der Waals surface area contributed by atoms with Gasteiger partial charge in [0.2, 0.25) is 0 Å². The van der Waals surface area contributed by atoms with Crippen molar-refractivity contribution in [1.82, 2.24) is 9.88 Å². The Labute approximate surface area is 148 Å². The zero-order chi connectivity index (χ0) is 16.5. The average Bonchev–Trinajstić information content (AvgIpc) is 3.23. The molecular weight excluding hydrogens is 316 g/mol. The highest BCUT2D eigenvalue weighted by atomic mass is 32.2. The minimum atomic E-state index is -0.0547. The van der Waals surface area contributed by atoms with E-state index in [1.165, 1.54) is 53.6 Å². The van der Waals surface area contributed by atoms with Crippen LogP contribution in [0.4, 0.5) is 0 Å². The summed E-state index contributed by atoms with van der Waals surface area (Å²) in [5.74, 6) is 0. The van der Waals surface area contributed by atoms with Crippen molar-refractivity contribution in [3.8, 4) is 0 Å². The lowest BCUT2D eigenvalue weighted by Gasteiger charge is -2.37. The molecule has 2 aliphatic rings. The van der Waals surface area contributed by atoms with Gasteiger partial charge in [-0.1, -0.05) is 0 Å². The second-order valence-electron chi connectivity index (χ2n) is 7.43. The summed E-state index contributed by atoms with van der Waals surface area (Å²) in [6, 6.07) is 8.10. The van der Waals surface area contributed by atoms with E-state index in [1.807, 2.05) is 11.8 Å². The Morgan fingerprint density at radius 2 is 2.04 bits per heavy atom. The van der Waals surface area contributed by atoms with Crippen LogP contribution >= 0.6 is 11.8 Å². The summed E-state index contributed by atoms with van der Waals surface area (Å²) < 4.78 is 0. The van der Waals surface area contributed by atoms with E-state index in [0.717, 1.165) is 19.3 Å². The van der Waals surface area contributed by atoms with E-state index in [0.29, 0.717) is 12.1 Å². The number of likely N-dealkylation sites (tertiary alicyclic amines) is 1. The summed E-state index contributed by atoms with van der Waals surface area (Å²) >= 11 is 1.81. The number of aromatic amines is 1. The van der Waals surface area contributed by atoms with Gasteiger partial charge in [0.1, 0.15) is 0 Å². The molecule has 0 unspecified atom stereocenters. The number of nitrogens with zero attached hydrogens (tertiary/aromatic N) is 1. The third-order valence-corrected chi connectivity index (χ3v) is 6.71. The maximum Gasteiger partial charge on any atom is 0.0541 e. The van der Waals surface area contributed by atoms with Gasteiger partial charge in [-0.3, -0.25) is 4.90 Å². The number of rotatable bonds is 4. The number of benzene rings is 1. The summed E-state index contributed by atoms with van der Waals surface area (Å²) in [6.45, 7) is 1.24. The van der Waals surface area contributed by atoms with Crippen molar-refractivity contribution in [2.24, 2.45) is 0 Å². The number of aliphatic hydroxyl groups excluding tert-OH is 1. The van der Waals surface area contributed by atoms with E-state index >= 15 is 0 Å². The van der Waals surface area contributed by atoms with Gasteiger partial charge in [-0.15, -0.1) is 11.8 Å². The lowest BCUT2D eigenvalue weighted by atomic mass is 9.91. The fourth-order valence-corrected chi connectivity index (χ4v) is 5.09. The molecule has 0 spiro atoms. The highest BCUT2D eigenvalue weighted by Gasteiger charge is 2.33. The van der Waals surface area contributed by atoms with Crippen LogP contribution < -0.4 is 0 Å². The molecule has 130 valence electrons. The molecule has 0 radical (unpaired) electrons. The number of hydrogen-bond acceptors (Lipinski definition) is 3. The van der Waals surface area contributed by atoms with E-state index in [1.54, 1.807) is 0 Å². The van der Waals surface area contributed by atoms with Crippen LogP contribution in [0.25, 0.3) is 10.9 Å². The number of fused-ring (bicyclic) bond motifs is 1. The number of aromatic nitrogens is 1. The first-order chi connectivity index (χ1) is 11.7. The molecule has 2 heterocycles. The monoisotopic (exact) mass is 344 g/mol. The van der Waals surface area contributed by atoms with Crippen LogP contribution in [-0.4, -0.2) is 46.0 Å². The van der Waals surface area contributed by atoms with Crippen molar-refractivity contribution < 1.29 is 5.11 Å². The van der Waals surface area contributed by atoms with Crippen LogP contribution in [0, 0.1) is 0 Å². The summed E-state index contributed by atoms with van der Waals surface area (Å²) in [6.07, 6.45) is 12.4. The Morgan fingerprint density at radius 1 is 1.21 bits per heavy atom. The number of nitrogens with one attached hydrogen (secondary N) is 1. The Kier molecular flexibility index (Phi) is 4.88. The van der Waals surface area contributed by atoms with Crippen LogP contribution in [0.15, 0.2) is 29.3 Å². The molecule has 0 bridgehead atoms. The molecule has 2 N–H and O–H groups in total. The summed E-state index contributed by atoms with van der Waals surface area (Å²) in [5.41, 5.74) is 2.72. The highest BCUT2D eigenvalue weighted by molar-refractivity contribution is 7.98. The van der Waals surface area contributed by atoms with Gasteiger partial charge < -0.3 is 10.1 Å². The third-order valence-electron chi connectivity index (χ3n) is 5.99. The third kappa shape index (κ3) is 3.24. The van der Waals surface area contributed by atoms with Crippen LogP contribution in [0.2, 0.25) is 0 Å². The smallest absolute Gasteiger partial charge is 0.0541 e. The lowest BCUT2D eigenvalue weighted by Crippen LogP contribution is -2.42. The molecule has 4 rings (SSSR count). The molecule has 2 fully saturated rings. The second kappa shape index (κ2) is 7.11. The molecule has 2 aromatic rings. The molecule has 1 aromatic heterocycles. The molecule has 1 aliphatic carbocycles. The fraction of sp³-hybridized carbons (Fsp3) is 0.600. The van der Waals surface area contributed by atoms with Crippen LogP contribution in [-0.2, 0) is 6.42 Å². The number of H-pyrrole nitrogens is 1. The molecule has 4 heteroatoms. The molecule has 3 nitrogen and oxygen atoms in total. The van der Waals surface area contributed by atoms with E-state index < -0.39 is 0 Å². The summed E-state index contributed by atoms with van der Waals surface area (Å²) in [7, 11) is 0. The Morgan fingerprint density at radius 3 is 2.83 bits per heavy atom. The van der Waals surface area contributed by atoms with Crippen LogP contribution in [0.5, 0.6) is 0 Å². The van der Waals surface area contributed by atoms with Gasteiger partial charge in [0, 0.05) is 34.1 Å². The topological polar surface area (TPSA) is 39.3 Å². The first-order valence-corrected chi connectivity index (χ1v) is 10.5. The molecule has 24 heavy (non-hydrogen) atoms. The van der Waals surface area contributed by atoms with Crippen molar-refractivity contribution in [1.29, 1.82) is 0 Å². The van der Waals surface area contributed by atoms with Crippen molar-refractivity contribution in [2.75, 3.05) is 12.8 Å². The number of thioether (sulfide) groups is 1. The maximum absolute atomic E-state index is 9.79. The van der Waals surface area contributed by atoms with E-state index in [2.05, 4.69) is 40.5 Å². The summed E-state index contributed by atoms with van der Waals surface area (Å²) in [4.78, 5) is 7.55. The average molecular weight is 345 g/mol. The van der Waals surface area contributed by atoms with Gasteiger partial charge in [-0.05, 0) is 81.5 Å². The number of aliphatic hydroxyl groups is 1. The van der Waals surface area contributed by atoms with Gasteiger partial charge in [0.05, 0.1) is 6.10 Å². The van der Waals surface area contributed by atoms with E-state index in [9.17, 15) is 5.11 Å². The second-order valence-corrected chi connectivity index (χ2v) is 8.31. The zero-order valence-electron chi connectivity index (χ0n) is 14.5. The van der Waals surface area contributed by atoms with Crippen molar-refractivity contribution in [2.45, 2.75) is 68.0 Å². The fourth-order valence-electron chi connectivity index (χ4n) is 4.66. The van der Waals surface area contributed by atoms with E-state index in [4.69, 9.17) is 0 Å². The Hall–Kier alpha value is -0.970. The normalized spacial score (nSPS) is 28.7. The predicted molar refractivity (Wildman–Crippen MR) is 102 cm³/mol. The Balaban J connectivity index is 1.51. The van der Waals surface area contributed by atoms with Crippen LogP contribution in [0.3, 0.4) is 0 Å². The van der Waals surface area contributed by atoms with Crippen LogP contribution in [0.1, 0.15) is 44.1 Å².